The number of anilines is 2. The van der Waals surface area contributed by atoms with Gasteiger partial charge in [-0.3, -0.25) is 9.78 Å². The average Bonchev–Trinajstić information content (AvgIpc) is 3.15. The number of nitrogens with one attached hydrogen (secondary N) is 1. The molecule has 8 heteroatoms. The van der Waals surface area contributed by atoms with E-state index < -0.39 is 14.4 Å². The lowest BCUT2D eigenvalue weighted by molar-refractivity contribution is 0.104. The molecule has 37 heavy (non-hydrogen) atoms. The minimum Gasteiger partial charge on any atom is -0.414 e. The van der Waals surface area contributed by atoms with Gasteiger partial charge in [-0.05, 0) is 68.3 Å². The van der Waals surface area contributed by atoms with Gasteiger partial charge in [-0.15, -0.1) is 0 Å². The fourth-order valence-corrected chi connectivity index (χ4v) is 7.08. The Morgan fingerprint density at radius 1 is 1.16 bits per heavy atom. The third-order valence-corrected chi connectivity index (χ3v) is 13.9. The zero-order valence-corrected chi connectivity index (χ0v) is 24.3. The Balaban J connectivity index is 1.27. The molecule has 202 valence electrons. The van der Waals surface area contributed by atoms with E-state index in [2.05, 4.69) is 72.9 Å². The first-order valence-electron chi connectivity index (χ1n) is 14.0. The van der Waals surface area contributed by atoms with Gasteiger partial charge in [-0.1, -0.05) is 39.0 Å². The highest BCUT2D eigenvalue weighted by Crippen LogP contribution is 2.47. The molecule has 0 radical (unpaired) electrons. The summed E-state index contributed by atoms with van der Waals surface area (Å²) in [6, 6.07) is 8.69. The number of aliphatic hydroxyl groups excluding tert-OH is 1. The molecule has 1 aromatic heterocycles. The quantitative estimate of drug-likeness (QED) is 0.546. The van der Waals surface area contributed by atoms with Gasteiger partial charge in [0.1, 0.15) is 0 Å². The Morgan fingerprint density at radius 2 is 1.86 bits per heavy atom. The molecular weight excluding hydrogens is 480 g/mol. The van der Waals surface area contributed by atoms with Crippen molar-refractivity contribution in [2.45, 2.75) is 88.9 Å². The van der Waals surface area contributed by atoms with Crippen LogP contribution in [0.4, 0.5) is 11.6 Å². The maximum Gasteiger partial charge on any atom is 0.255 e. The van der Waals surface area contributed by atoms with Crippen LogP contribution < -0.4 is 15.4 Å². The van der Waals surface area contributed by atoms with E-state index >= 15 is 0 Å². The molecule has 5 rings (SSSR count). The van der Waals surface area contributed by atoms with Gasteiger partial charge in [0.2, 0.25) is 5.95 Å². The first-order chi connectivity index (χ1) is 17.5. The number of H-pyrrole nitrogens is 1. The first-order valence-corrected chi connectivity index (χ1v) is 16.9. The highest BCUT2D eigenvalue weighted by Gasteiger charge is 2.45. The molecule has 0 amide bonds. The van der Waals surface area contributed by atoms with Gasteiger partial charge in [0, 0.05) is 42.8 Å². The van der Waals surface area contributed by atoms with Crippen LogP contribution in [0.15, 0.2) is 29.1 Å². The monoisotopic (exact) mass is 524 g/mol. The lowest BCUT2D eigenvalue weighted by atomic mass is 9.74. The predicted molar refractivity (Wildman–Crippen MR) is 152 cm³/mol. The molecule has 7 nitrogen and oxygen atoms in total. The molecule has 2 N–H and O–H groups in total. The summed E-state index contributed by atoms with van der Waals surface area (Å²) < 4.78 is 6.32. The van der Waals surface area contributed by atoms with Crippen LogP contribution in [0.2, 0.25) is 18.1 Å². The van der Waals surface area contributed by atoms with Crippen LogP contribution in [0.25, 0.3) is 0 Å². The van der Waals surface area contributed by atoms with Crippen molar-refractivity contribution in [2.75, 3.05) is 42.6 Å². The van der Waals surface area contributed by atoms with Crippen molar-refractivity contribution in [3.63, 3.8) is 0 Å². The van der Waals surface area contributed by atoms with Gasteiger partial charge in [-0.2, -0.15) is 0 Å². The number of hydrogen-bond donors (Lipinski definition) is 2. The first kappa shape index (κ1) is 26.4. The number of rotatable bonds is 6. The topological polar surface area (TPSA) is 81.7 Å². The predicted octanol–water partition coefficient (Wildman–Crippen LogP) is 4.39. The number of benzene rings is 1. The molecule has 2 aromatic rings. The van der Waals surface area contributed by atoms with Crippen LogP contribution in [0.5, 0.6) is 0 Å². The molecule has 0 bridgehead atoms. The van der Waals surface area contributed by atoms with Gasteiger partial charge in [-0.25, -0.2) is 4.98 Å². The number of para-hydroxylation sites is 1. The SMILES string of the molecule is CC(C)(C)[Si](C)(C)OC[C@H](O)CN1CC2(CCN(c3nc4c(c(=O)[nH]3)CCCC4)CC2)c2ccccc21. The lowest BCUT2D eigenvalue weighted by Gasteiger charge is -2.40. The van der Waals surface area contributed by atoms with Gasteiger partial charge in [0.05, 0.1) is 18.4 Å². The maximum absolute atomic E-state index is 12.7. The molecule has 1 aromatic carbocycles. The number of aromatic nitrogens is 2. The number of aromatic amines is 1. The van der Waals surface area contributed by atoms with E-state index in [0.29, 0.717) is 13.2 Å². The van der Waals surface area contributed by atoms with Gasteiger partial charge in [0.15, 0.2) is 8.32 Å². The fourth-order valence-electron chi connectivity index (χ4n) is 6.04. The third kappa shape index (κ3) is 5.12. The zero-order chi connectivity index (χ0) is 26.4. The smallest absolute Gasteiger partial charge is 0.255 e. The van der Waals surface area contributed by atoms with Crippen molar-refractivity contribution in [3.8, 4) is 0 Å². The Morgan fingerprint density at radius 3 is 2.59 bits per heavy atom. The van der Waals surface area contributed by atoms with E-state index in [9.17, 15) is 9.90 Å². The molecule has 1 fully saturated rings. The van der Waals surface area contributed by atoms with Crippen molar-refractivity contribution in [1.82, 2.24) is 9.97 Å². The Bertz CT molecular complexity index is 1180. The van der Waals surface area contributed by atoms with Crippen LogP contribution >= 0.6 is 0 Å². The number of aryl methyl sites for hydroxylation is 1. The van der Waals surface area contributed by atoms with Crippen LogP contribution in [0, 0.1) is 0 Å². The summed E-state index contributed by atoms with van der Waals surface area (Å²) in [4.78, 5) is 25.3. The van der Waals surface area contributed by atoms with Gasteiger partial charge >= 0.3 is 0 Å². The molecule has 1 spiro atoms. The fraction of sp³-hybridized carbons (Fsp3) is 0.655. The number of fused-ring (bicyclic) bond motifs is 3. The van der Waals surface area contributed by atoms with Crippen molar-refractivity contribution >= 4 is 20.0 Å². The van der Waals surface area contributed by atoms with Crippen LogP contribution in [-0.4, -0.2) is 62.3 Å². The highest BCUT2D eigenvalue weighted by molar-refractivity contribution is 6.74. The number of β-amino-alcohol motifs (C(OH)–C–C–N with tert-alkyl or cyclic N) is 1. The summed E-state index contributed by atoms with van der Waals surface area (Å²) in [6.45, 7) is 14.8. The largest absolute Gasteiger partial charge is 0.414 e. The molecule has 0 saturated carbocycles. The summed E-state index contributed by atoms with van der Waals surface area (Å²) >= 11 is 0. The molecule has 1 aliphatic carbocycles. The average molecular weight is 525 g/mol. The van der Waals surface area contributed by atoms with E-state index in [0.717, 1.165) is 75.4 Å². The lowest BCUT2D eigenvalue weighted by Crippen LogP contribution is -2.48. The molecule has 1 atom stereocenters. The van der Waals surface area contributed by atoms with Gasteiger partial charge in [0.25, 0.3) is 5.56 Å². The second-order valence-corrected chi connectivity index (χ2v) is 17.7. The summed E-state index contributed by atoms with van der Waals surface area (Å²) in [7, 11) is -1.90. The summed E-state index contributed by atoms with van der Waals surface area (Å²) in [5, 5.41) is 11.1. The van der Waals surface area contributed by atoms with E-state index in [1.807, 2.05) is 0 Å². The Kier molecular flexibility index (Phi) is 7.05. The maximum atomic E-state index is 12.7. The van der Waals surface area contributed by atoms with Crippen LogP contribution in [-0.2, 0) is 22.7 Å². The molecular formula is C29H44N4O3Si. The standard InChI is InChI=1S/C29H44N4O3Si/c1-28(2,3)37(4,5)36-19-21(34)18-33-20-29(23-11-7-9-13-25(23)33)14-16-32(17-15-29)27-30-24-12-8-6-10-22(24)26(35)31-27/h7,9,11,13,21,34H,6,8,10,12,14-20H2,1-5H3,(H,30,31,35)/t21-/m1/s1. The van der Waals surface area contributed by atoms with Crippen LogP contribution in [0.3, 0.4) is 0 Å². The Hall–Kier alpha value is -2.16. The van der Waals surface area contributed by atoms with E-state index in [-0.39, 0.29) is 16.0 Å². The van der Waals surface area contributed by atoms with Crippen LogP contribution in [0.1, 0.15) is 63.3 Å². The molecule has 3 aliphatic rings. The third-order valence-electron chi connectivity index (χ3n) is 9.38. The number of hydrogen-bond acceptors (Lipinski definition) is 6. The van der Waals surface area contributed by atoms with E-state index in [1.54, 1.807) is 0 Å². The molecule has 0 unspecified atom stereocenters. The van der Waals surface area contributed by atoms with Crippen molar-refractivity contribution in [3.05, 3.63) is 51.4 Å². The summed E-state index contributed by atoms with van der Waals surface area (Å²) in [5.74, 6) is 0.738. The second kappa shape index (κ2) is 9.86. The van der Waals surface area contributed by atoms with E-state index in [4.69, 9.17) is 9.41 Å². The minimum absolute atomic E-state index is 0.0475. The van der Waals surface area contributed by atoms with Crippen molar-refractivity contribution in [2.24, 2.45) is 0 Å². The summed E-state index contributed by atoms with van der Waals surface area (Å²) in [6.07, 6.45) is 5.42. The van der Waals surface area contributed by atoms with Gasteiger partial charge < -0.3 is 19.3 Å². The molecule has 3 heterocycles. The number of nitrogens with zero attached hydrogens (tertiary/aromatic N) is 3. The summed E-state index contributed by atoms with van der Waals surface area (Å²) in [5.41, 5.74) is 4.62. The second-order valence-electron chi connectivity index (χ2n) is 12.9. The zero-order valence-electron chi connectivity index (χ0n) is 23.3. The Labute approximate surface area is 222 Å². The number of aliphatic hydroxyl groups is 1. The van der Waals surface area contributed by atoms with Crippen molar-refractivity contribution < 1.29 is 9.53 Å². The molecule has 1 saturated heterocycles. The van der Waals surface area contributed by atoms with E-state index in [1.165, 1.54) is 11.3 Å². The van der Waals surface area contributed by atoms with Crippen molar-refractivity contribution in [1.29, 1.82) is 0 Å². The number of piperidine rings is 1. The molecule has 2 aliphatic heterocycles. The normalized spacial score (nSPS) is 20.2. The minimum atomic E-state index is -1.90. The highest BCUT2D eigenvalue weighted by atomic mass is 28.4.